The van der Waals surface area contributed by atoms with Crippen molar-refractivity contribution in [2.45, 2.75) is 64.7 Å². The number of nitrogens with zero attached hydrogens (tertiary/aromatic N) is 1. The molecule has 0 amide bonds. The van der Waals surface area contributed by atoms with Gasteiger partial charge in [-0.15, -0.1) is 11.6 Å². The number of carboxylic acid groups (broad SMARTS) is 3. The van der Waals surface area contributed by atoms with Crippen LogP contribution in [-0.2, 0) is 19.3 Å². The van der Waals surface area contributed by atoms with Gasteiger partial charge in [0.15, 0.2) is 12.2 Å². The van der Waals surface area contributed by atoms with Gasteiger partial charge in [0.2, 0.25) is 0 Å². The molecule has 3 atom stereocenters. The Bertz CT molecular complexity index is 1280. The smallest absolute Gasteiger partial charge is 0.547 e. The van der Waals surface area contributed by atoms with Gasteiger partial charge in [0, 0.05) is 0 Å². The van der Waals surface area contributed by atoms with Gasteiger partial charge in [0.25, 0.3) is 0 Å². The third-order valence-electron chi connectivity index (χ3n) is 7.06. The zero-order chi connectivity index (χ0) is 40.3. The number of methoxy groups -OCH3 is 2. The van der Waals surface area contributed by atoms with Crippen LogP contribution in [-0.4, -0.2) is 162 Å². The standard InChI is InChI=1S/C21H19ClO2.C6H15N.C4H8O3.2C3H6O4.CH4.Ca/c1-23-19-12-8-17(9-13-19)21(22,16-6-4-3-5-7-16)18-10-14-20(24-2)15-11-18;1-4-7(5-2)6-3;1-2-3(5)4(6)7;2*4-1-2(5)3(6)7;;/h3-15H,1-2H3;4-6H2,1-3H3;3,5H,2H2,1H3,(H,6,7);2*2,4-5H,1H2,(H,6,7);1H4;/q;;;;;;+2/p-1. The number of rotatable bonds is 14. The number of aliphatic hydroxyl groups excluding tert-OH is 5. The summed E-state index contributed by atoms with van der Waals surface area (Å²) < 4.78 is 10.5. The van der Waals surface area contributed by atoms with Gasteiger partial charge >= 0.3 is 49.7 Å². The number of carbonyl (C=O) groups excluding carboxylic acids is 1. The molecule has 3 rings (SSSR count). The normalized spacial score (nSPS) is 11.5. The van der Waals surface area contributed by atoms with Crippen LogP contribution in [0.15, 0.2) is 78.9 Å². The Hall–Kier alpha value is -3.02. The van der Waals surface area contributed by atoms with Gasteiger partial charge in [-0.1, -0.05) is 89.7 Å². The van der Waals surface area contributed by atoms with Gasteiger partial charge < -0.3 is 60.0 Å². The first-order valence-electron chi connectivity index (χ1n) is 16.3. The number of ether oxygens (including phenoxy) is 2. The summed E-state index contributed by atoms with van der Waals surface area (Å²) in [5.41, 5.74) is 2.99. The molecule has 14 nitrogen and oxygen atoms in total. The third-order valence-corrected chi connectivity index (χ3v) is 7.72. The van der Waals surface area contributed by atoms with Crippen molar-refractivity contribution in [1.29, 1.82) is 0 Å². The maximum atomic E-state index is 9.68. The molecule has 0 aliphatic heterocycles. The maximum Gasteiger partial charge on any atom is 2.00 e. The summed E-state index contributed by atoms with van der Waals surface area (Å²) >= 11 is 7.22. The van der Waals surface area contributed by atoms with Crippen LogP contribution < -0.4 is 14.6 Å². The number of aliphatic carboxylic acids is 3. The average Bonchev–Trinajstić information content (AvgIpc) is 3.18. The first kappa shape index (κ1) is 57.7. The molecule has 0 heterocycles. The maximum absolute atomic E-state index is 9.68. The predicted octanol–water partition coefficient (Wildman–Crippen LogP) is 2.19. The predicted molar refractivity (Wildman–Crippen MR) is 207 cm³/mol. The molecule has 16 heteroatoms. The fourth-order valence-electron chi connectivity index (χ4n) is 3.81. The van der Waals surface area contributed by atoms with E-state index in [1.807, 2.05) is 78.9 Å². The number of carbonyl (C=O) groups is 3. The van der Waals surface area contributed by atoms with Gasteiger partial charge in [0.1, 0.15) is 22.5 Å². The molecule has 0 fully saturated rings. The summed E-state index contributed by atoms with van der Waals surface area (Å²) in [6.07, 6.45) is -4.27. The fourth-order valence-corrected chi connectivity index (χ4v) is 4.19. The molecule has 0 aromatic heterocycles. The van der Waals surface area contributed by atoms with Crippen molar-refractivity contribution in [3.8, 4) is 11.5 Å². The second-order valence-electron chi connectivity index (χ2n) is 10.4. The topological polar surface area (TPSA) is 238 Å². The zero-order valence-corrected chi connectivity index (χ0v) is 34.1. The third kappa shape index (κ3) is 22.4. The van der Waals surface area contributed by atoms with Crippen molar-refractivity contribution >= 4 is 67.2 Å². The van der Waals surface area contributed by atoms with E-state index in [4.69, 9.17) is 56.8 Å². The molecular weight excluding hydrogens is 754 g/mol. The second-order valence-corrected chi connectivity index (χ2v) is 11.0. The van der Waals surface area contributed by atoms with Crippen LogP contribution in [0, 0.1) is 0 Å². The molecule has 300 valence electrons. The van der Waals surface area contributed by atoms with E-state index in [0.29, 0.717) is 0 Å². The van der Waals surface area contributed by atoms with Crippen molar-refractivity contribution in [2.75, 3.05) is 47.1 Å². The molecule has 0 spiro atoms. The Morgan fingerprint density at radius 3 is 1.17 bits per heavy atom. The SMILES string of the molecule is C.CCC(O)C(=O)O.CCN(CC)CC.COc1ccc(C(Cl)(c2ccccc2)c2ccc(OC)cc2)cc1.O=C(O)C(O)CO.O=C([O-])C(O)CO.[Ca+2]. The Morgan fingerprint density at radius 2 is 1.00 bits per heavy atom. The minimum atomic E-state index is -1.74. The largest absolute Gasteiger partial charge is 2.00 e. The summed E-state index contributed by atoms with van der Waals surface area (Å²) in [4.78, 5) is 30.2. The molecule has 54 heavy (non-hydrogen) atoms. The van der Waals surface area contributed by atoms with Crippen molar-refractivity contribution in [1.82, 2.24) is 4.90 Å². The van der Waals surface area contributed by atoms with Crippen LogP contribution in [0.2, 0.25) is 0 Å². The Morgan fingerprint density at radius 1 is 0.667 bits per heavy atom. The van der Waals surface area contributed by atoms with Gasteiger partial charge in [-0.3, -0.25) is 0 Å². The van der Waals surface area contributed by atoms with Crippen molar-refractivity contribution < 1.29 is 64.7 Å². The van der Waals surface area contributed by atoms with Crippen LogP contribution in [0.5, 0.6) is 11.5 Å². The van der Waals surface area contributed by atoms with E-state index in [1.165, 1.54) is 19.6 Å². The van der Waals surface area contributed by atoms with E-state index >= 15 is 0 Å². The zero-order valence-electron chi connectivity index (χ0n) is 31.1. The summed E-state index contributed by atoms with van der Waals surface area (Å²) in [7, 11) is 3.31. The number of hydrogen-bond acceptors (Lipinski definition) is 12. The number of carboxylic acids is 3. The molecular formula is C38H57CaClNO13+. The minimum Gasteiger partial charge on any atom is -0.547 e. The molecule has 3 aromatic carbocycles. The number of aliphatic hydroxyl groups is 5. The van der Waals surface area contributed by atoms with Crippen LogP contribution in [0.4, 0.5) is 0 Å². The van der Waals surface area contributed by atoms with Gasteiger partial charge in [-0.2, -0.15) is 0 Å². The average molecular weight is 811 g/mol. The Kier molecular flexibility index (Phi) is 35.6. The molecule has 0 bridgehead atoms. The van der Waals surface area contributed by atoms with Crippen molar-refractivity contribution in [3.63, 3.8) is 0 Å². The van der Waals surface area contributed by atoms with Crippen LogP contribution in [0.3, 0.4) is 0 Å². The number of halogens is 1. The quantitative estimate of drug-likeness (QED) is 0.0703. The van der Waals surface area contributed by atoms with Gasteiger partial charge in [-0.25, -0.2) is 9.59 Å². The van der Waals surface area contributed by atoms with Crippen LogP contribution in [0.1, 0.15) is 58.2 Å². The molecule has 0 radical (unpaired) electrons. The molecule has 3 unspecified atom stereocenters. The molecule has 7 N–H and O–H groups in total. The summed E-state index contributed by atoms with van der Waals surface area (Å²) in [5.74, 6) is -2.59. The molecule has 3 aromatic rings. The van der Waals surface area contributed by atoms with E-state index in [1.54, 1.807) is 21.1 Å². The summed E-state index contributed by atoms with van der Waals surface area (Å²) in [6.45, 7) is 10.2. The molecule has 0 aliphatic rings. The van der Waals surface area contributed by atoms with E-state index in [0.717, 1.165) is 28.2 Å². The van der Waals surface area contributed by atoms with Gasteiger partial charge in [0.05, 0.1) is 33.4 Å². The van der Waals surface area contributed by atoms with Crippen LogP contribution in [0.25, 0.3) is 0 Å². The first-order valence-corrected chi connectivity index (χ1v) is 16.6. The number of alkyl halides is 1. The summed E-state index contributed by atoms with van der Waals surface area (Å²) in [5, 5.41) is 65.3. The minimum absolute atomic E-state index is 0. The second kappa shape index (κ2) is 33.3. The Labute approximate surface area is 353 Å². The molecule has 0 aliphatic carbocycles. The van der Waals surface area contributed by atoms with E-state index in [9.17, 15) is 19.5 Å². The number of benzene rings is 3. The van der Waals surface area contributed by atoms with E-state index in [-0.39, 0.29) is 51.6 Å². The van der Waals surface area contributed by atoms with Crippen LogP contribution >= 0.6 is 11.6 Å². The first-order chi connectivity index (χ1) is 24.6. The van der Waals surface area contributed by atoms with Crippen molar-refractivity contribution in [3.05, 3.63) is 95.6 Å². The summed E-state index contributed by atoms with van der Waals surface area (Å²) in [6, 6.07) is 25.8. The monoisotopic (exact) mass is 810 g/mol. The fraction of sp³-hybridized carbons (Fsp3) is 0.447. The molecule has 0 saturated heterocycles. The Balaban J connectivity index is -0.000000344. The number of hydrogen-bond donors (Lipinski definition) is 7. The van der Waals surface area contributed by atoms with Crippen molar-refractivity contribution in [2.24, 2.45) is 0 Å². The van der Waals surface area contributed by atoms with E-state index in [2.05, 4.69) is 25.7 Å². The molecule has 0 saturated carbocycles. The van der Waals surface area contributed by atoms with E-state index < -0.39 is 54.3 Å². The van der Waals surface area contributed by atoms with Gasteiger partial charge in [-0.05, 0) is 67.0 Å².